The van der Waals surface area contributed by atoms with Crippen molar-refractivity contribution in [2.45, 2.75) is 20.0 Å². The highest BCUT2D eigenvalue weighted by molar-refractivity contribution is 5.95. The third-order valence-corrected chi connectivity index (χ3v) is 3.55. The smallest absolute Gasteiger partial charge is 0.213 e. The van der Waals surface area contributed by atoms with Gasteiger partial charge in [0.25, 0.3) is 0 Å². The van der Waals surface area contributed by atoms with Crippen LogP contribution in [-0.2, 0) is 0 Å². The van der Waals surface area contributed by atoms with Gasteiger partial charge in [0.1, 0.15) is 0 Å². The van der Waals surface area contributed by atoms with E-state index in [1.807, 2.05) is 38.1 Å². The van der Waals surface area contributed by atoms with Gasteiger partial charge >= 0.3 is 0 Å². The fourth-order valence-electron chi connectivity index (χ4n) is 2.47. The van der Waals surface area contributed by atoms with E-state index >= 15 is 0 Å². The predicted octanol–water partition coefficient (Wildman–Crippen LogP) is 3.50. The first kappa shape index (κ1) is 16.0. The molecule has 0 N–H and O–H groups in total. The fraction of sp³-hybridized carbons (Fsp3) is 0.278. The molecule has 124 valence electrons. The van der Waals surface area contributed by atoms with E-state index in [1.54, 1.807) is 26.6 Å². The molecular weight excluding hydrogens is 306 g/mol. The molecule has 0 fully saturated rings. The van der Waals surface area contributed by atoms with Crippen LogP contribution in [0.5, 0.6) is 17.4 Å². The molecule has 0 aliphatic carbocycles. The molecular formula is C18H19N3O3. The molecule has 3 aromatic rings. The van der Waals surface area contributed by atoms with Crippen molar-refractivity contribution in [1.82, 2.24) is 15.2 Å². The molecule has 1 aromatic carbocycles. The average molecular weight is 325 g/mol. The minimum Gasteiger partial charge on any atom is -0.493 e. The number of methoxy groups -OCH3 is 2. The maximum Gasteiger partial charge on any atom is 0.213 e. The molecule has 0 unspecified atom stereocenters. The van der Waals surface area contributed by atoms with E-state index in [4.69, 9.17) is 14.2 Å². The Labute approximate surface area is 140 Å². The summed E-state index contributed by atoms with van der Waals surface area (Å²) in [5.74, 6) is 1.86. The molecule has 0 bridgehead atoms. The molecule has 0 saturated heterocycles. The van der Waals surface area contributed by atoms with Gasteiger partial charge in [0.2, 0.25) is 5.88 Å². The van der Waals surface area contributed by atoms with Gasteiger partial charge in [0.15, 0.2) is 11.5 Å². The van der Waals surface area contributed by atoms with Crippen LogP contribution in [0.25, 0.3) is 22.0 Å². The Morgan fingerprint density at radius 2 is 1.71 bits per heavy atom. The standard InChI is InChI=1S/C18H19N3O3/c1-11(2)24-18-6-5-12(9-19-18)14-10-20-21-15-8-17(23-4)16(22-3)7-13(14)15/h5-11H,1-4H3. The zero-order valence-corrected chi connectivity index (χ0v) is 14.1. The van der Waals surface area contributed by atoms with Crippen molar-refractivity contribution < 1.29 is 14.2 Å². The van der Waals surface area contributed by atoms with Gasteiger partial charge in [-0.15, -0.1) is 0 Å². The van der Waals surface area contributed by atoms with Gasteiger partial charge in [-0.25, -0.2) is 4.98 Å². The second kappa shape index (κ2) is 6.70. The van der Waals surface area contributed by atoms with Gasteiger partial charge in [-0.1, -0.05) is 0 Å². The van der Waals surface area contributed by atoms with Crippen molar-refractivity contribution in [3.63, 3.8) is 0 Å². The summed E-state index contributed by atoms with van der Waals surface area (Å²) in [5, 5.41) is 9.18. The summed E-state index contributed by atoms with van der Waals surface area (Å²) in [6.45, 7) is 3.94. The zero-order valence-electron chi connectivity index (χ0n) is 14.1. The van der Waals surface area contributed by atoms with Crippen LogP contribution in [0, 0.1) is 0 Å². The quantitative estimate of drug-likeness (QED) is 0.715. The SMILES string of the molecule is COc1cc2nncc(-c3ccc(OC(C)C)nc3)c2cc1OC. The first-order chi connectivity index (χ1) is 11.6. The lowest BCUT2D eigenvalue weighted by atomic mass is 10.0. The molecule has 0 amide bonds. The second-order valence-corrected chi connectivity index (χ2v) is 5.53. The largest absolute Gasteiger partial charge is 0.493 e. The number of hydrogen-bond acceptors (Lipinski definition) is 6. The van der Waals surface area contributed by atoms with Crippen molar-refractivity contribution in [3.05, 3.63) is 36.7 Å². The predicted molar refractivity (Wildman–Crippen MR) is 91.6 cm³/mol. The number of ether oxygens (including phenoxy) is 3. The summed E-state index contributed by atoms with van der Waals surface area (Å²) in [4.78, 5) is 4.35. The van der Waals surface area contributed by atoms with Gasteiger partial charge in [-0.05, 0) is 26.0 Å². The third kappa shape index (κ3) is 3.08. The van der Waals surface area contributed by atoms with E-state index in [2.05, 4.69) is 15.2 Å². The number of hydrogen-bond donors (Lipinski definition) is 0. The Morgan fingerprint density at radius 1 is 0.958 bits per heavy atom. The minimum atomic E-state index is 0.0866. The van der Waals surface area contributed by atoms with E-state index in [0.717, 1.165) is 22.0 Å². The number of aromatic nitrogens is 3. The average Bonchev–Trinajstić information content (AvgIpc) is 2.60. The van der Waals surface area contributed by atoms with E-state index in [1.165, 1.54) is 0 Å². The van der Waals surface area contributed by atoms with E-state index < -0.39 is 0 Å². The summed E-state index contributed by atoms with van der Waals surface area (Å²) < 4.78 is 16.3. The summed E-state index contributed by atoms with van der Waals surface area (Å²) in [6.07, 6.45) is 3.57. The number of fused-ring (bicyclic) bond motifs is 1. The molecule has 3 rings (SSSR count). The molecule has 2 aromatic heterocycles. The van der Waals surface area contributed by atoms with Crippen LogP contribution in [0.15, 0.2) is 36.7 Å². The van der Waals surface area contributed by atoms with Crippen molar-refractivity contribution in [2.75, 3.05) is 14.2 Å². The number of nitrogens with zero attached hydrogens (tertiary/aromatic N) is 3. The molecule has 24 heavy (non-hydrogen) atoms. The highest BCUT2D eigenvalue weighted by atomic mass is 16.5. The first-order valence-electron chi connectivity index (χ1n) is 7.63. The van der Waals surface area contributed by atoms with E-state index in [9.17, 15) is 0 Å². The van der Waals surface area contributed by atoms with Crippen LogP contribution in [-0.4, -0.2) is 35.5 Å². The molecule has 0 saturated carbocycles. The summed E-state index contributed by atoms with van der Waals surface area (Å²) >= 11 is 0. The lowest BCUT2D eigenvalue weighted by Crippen LogP contribution is -2.06. The first-order valence-corrected chi connectivity index (χ1v) is 7.63. The van der Waals surface area contributed by atoms with Gasteiger partial charge in [-0.3, -0.25) is 0 Å². The van der Waals surface area contributed by atoms with Crippen molar-refractivity contribution in [2.24, 2.45) is 0 Å². The van der Waals surface area contributed by atoms with Gasteiger partial charge in [0.05, 0.1) is 32.0 Å². The lowest BCUT2D eigenvalue weighted by Gasteiger charge is -2.12. The van der Waals surface area contributed by atoms with Crippen molar-refractivity contribution in [3.8, 4) is 28.5 Å². The summed E-state index contributed by atoms with van der Waals surface area (Å²) in [6, 6.07) is 7.52. The molecule has 6 heteroatoms. The molecule has 0 aliphatic heterocycles. The van der Waals surface area contributed by atoms with Crippen LogP contribution in [0.1, 0.15) is 13.8 Å². The van der Waals surface area contributed by atoms with Crippen LogP contribution < -0.4 is 14.2 Å². The van der Waals surface area contributed by atoms with Crippen LogP contribution >= 0.6 is 0 Å². The molecule has 2 heterocycles. The highest BCUT2D eigenvalue weighted by Crippen LogP contribution is 2.35. The van der Waals surface area contributed by atoms with Crippen molar-refractivity contribution >= 4 is 10.9 Å². The third-order valence-electron chi connectivity index (χ3n) is 3.55. The monoisotopic (exact) mass is 325 g/mol. The number of rotatable bonds is 5. The maximum absolute atomic E-state index is 5.58. The van der Waals surface area contributed by atoms with Gasteiger partial charge < -0.3 is 14.2 Å². The van der Waals surface area contributed by atoms with Crippen molar-refractivity contribution in [1.29, 1.82) is 0 Å². The summed E-state index contributed by atoms with van der Waals surface area (Å²) in [7, 11) is 3.20. The Balaban J connectivity index is 2.08. The Kier molecular flexibility index (Phi) is 4.46. The van der Waals surface area contributed by atoms with Crippen LogP contribution in [0.2, 0.25) is 0 Å². The minimum absolute atomic E-state index is 0.0866. The Bertz CT molecular complexity index is 848. The number of benzene rings is 1. The Morgan fingerprint density at radius 3 is 2.33 bits per heavy atom. The molecule has 0 atom stereocenters. The maximum atomic E-state index is 5.58. The normalized spacial score (nSPS) is 10.9. The molecule has 6 nitrogen and oxygen atoms in total. The van der Waals surface area contributed by atoms with Crippen LogP contribution in [0.4, 0.5) is 0 Å². The van der Waals surface area contributed by atoms with Gasteiger partial charge in [0, 0.05) is 34.8 Å². The van der Waals surface area contributed by atoms with E-state index in [0.29, 0.717) is 17.4 Å². The highest BCUT2D eigenvalue weighted by Gasteiger charge is 2.12. The van der Waals surface area contributed by atoms with Crippen LogP contribution in [0.3, 0.4) is 0 Å². The molecule has 0 spiro atoms. The summed E-state index contributed by atoms with van der Waals surface area (Å²) in [5.41, 5.74) is 2.58. The number of pyridine rings is 1. The lowest BCUT2D eigenvalue weighted by molar-refractivity contribution is 0.232. The molecule has 0 radical (unpaired) electrons. The second-order valence-electron chi connectivity index (χ2n) is 5.53. The zero-order chi connectivity index (χ0) is 17.1. The van der Waals surface area contributed by atoms with E-state index in [-0.39, 0.29) is 6.10 Å². The Hall–Kier alpha value is -2.89. The fourth-order valence-corrected chi connectivity index (χ4v) is 2.47. The van der Waals surface area contributed by atoms with Gasteiger partial charge in [-0.2, -0.15) is 10.2 Å². The molecule has 0 aliphatic rings. The topological polar surface area (TPSA) is 66.4 Å².